The molecule has 206 valence electrons. The summed E-state index contributed by atoms with van der Waals surface area (Å²) in [6, 6.07) is 15.7. The van der Waals surface area contributed by atoms with Gasteiger partial charge in [-0.05, 0) is 46.1 Å². The van der Waals surface area contributed by atoms with Crippen molar-refractivity contribution >= 4 is 26.6 Å². The van der Waals surface area contributed by atoms with Gasteiger partial charge in [-0.2, -0.15) is 0 Å². The van der Waals surface area contributed by atoms with E-state index in [4.69, 9.17) is 18.9 Å². The number of ether oxygens (including phenoxy) is 2. The summed E-state index contributed by atoms with van der Waals surface area (Å²) in [7, 11) is 0. The van der Waals surface area contributed by atoms with E-state index in [9.17, 15) is 9.18 Å². The van der Waals surface area contributed by atoms with Crippen LogP contribution in [0, 0.1) is 5.82 Å². The van der Waals surface area contributed by atoms with E-state index in [-0.39, 0.29) is 35.6 Å². The second-order valence-corrected chi connectivity index (χ2v) is 10.2. The number of allylic oxidation sites excluding steroid dienone is 1. The van der Waals surface area contributed by atoms with E-state index in [1.54, 1.807) is 24.5 Å². The van der Waals surface area contributed by atoms with Crippen molar-refractivity contribution in [1.82, 2.24) is 19.4 Å². The molecule has 0 saturated carbocycles. The number of nitrogens with zero attached hydrogens (tertiary/aromatic N) is 4. The van der Waals surface area contributed by atoms with Crippen LogP contribution in [-0.4, -0.2) is 45.7 Å². The Morgan fingerprint density at radius 1 is 1.12 bits per heavy atom. The zero-order valence-corrected chi connectivity index (χ0v) is 23.6. The van der Waals surface area contributed by atoms with E-state index in [1.807, 2.05) is 37.3 Å². The van der Waals surface area contributed by atoms with Gasteiger partial charge in [0, 0.05) is 31.4 Å². The van der Waals surface area contributed by atoms with Crippen LogP contribution in [0.1, 0.15) is 29.6 Å². The summed E-state index contributed by atoms with van der Waals surface area (Å²) in [5, 5.41) is 0. The SMILES string of the molecule is C=C(Br)c1nc(-c2ncc(Cc3ccc(F)cc3)o2)c(OCc2ccccc2)c(=O)n1C=C(C)N1CCOCC1. The molecule has 10 heteroatoms. The molecule has 0 atom stereocenters. The predicted molar refractivity (Wildman–Crippen MR) is 154 cm³/mol. The van der Waals surface area contributed by atoms with Gasteiger partial charge in [-0.3, -0.25) is 9.36 Å². The van der Waals surface area contributed by atoms with Crippen LogP contribution in [0.2, 0.25) is 0 Å². The predicted octanol–water partition coefficient (Wildman–Crippen LogP) is 5.72. The Bertz CT molecular complexity index is 1580. The lowest BCUT2D eigenvalue weighted by molar-refractivity contribution is 0.0541. The summed E-state index contributed by atoms with van der Waals surface area (Å²) in [6.45, 7) is 8.74. The van der Waals surface area contributed by atoms with Crippen LogP contribution < -0.4 is 10.3 Å². The van der Waals surface area contributed by atoms with Gasteiger partial charge in [0.2, 0.25) is 11.6 Å². The van der Waals surface area contributed by atoms with Gasteiger partial charge in [-0.1, -0.05) is 49.0 Å². The number of hydrogen-bond donors (Lipinski definition) is 0. The van der Waals surface area contributed by atoms with Crippen molar-refractivity contribution in [2.75, 3.05) is 26.3 Å². The van der Waals surface area contributed by atoms with E-state index in [2.05, 4.69) is 32.4 Å². The summed E-state index contributed by atoms with van der Waals surface area (Å²) < 4.78 is 32.8. The molecule has 4 aromatic rings. The Hall–Kier alpha value is -4.02. The Kier molecular flexibility index (Phi) is 8.57. The molecule has 0 unspecified atom stereocenters. The minimum Gasteiger partial charge on any atom is -0.481 e. The standard InChI is InChI=1S/C30H28BrFN4O4/c1-20(35-12-14-38-15-13-35)18-36-28(21(2)31)34-26(27(30(36)37)39-19-23-6-4-3-5-7-23)29-33-17-25(40-29)16-22-8-10-24(32)11-9-22/h3-11,17-18H,2,12-16,19H2,1H3. The van der Waals surface area contributed by atoms with Gasteiger partial charge in [-0.15, -0.1) is 0 Å². The minimum atomic E-state index is -0.428. The fraction of sp³-hybridized carbons (Fsp3) is 0.233. The topological polar surface area (TPSA) is 82.6 Å². The number of oxazole rings is 1. The number of aromatic nitrogens is 3. The number of halogens is 2. The second kappa shape index (κ2) is 12.4. The van der Waals surface area contributed by atoms with Gasteiger partial charge in [-0.25, -0.2) is 14.4 Å². The van der Waals surface area contributed by atoms with Crippen LogP contribution >= 0.6 is 15.9 Å². The van der Waals surface area contributed by atoms with Crippen molar-refractivity contribution in [2.24, 2.45) is 0 Å². The van der Waals surface area contributed by atoms with Gasteiger partial charge in [0.1, 0.15) is 18.2 Å². The van der Waals surface area contributed by atoms with E-state index in [0.29, 0.717) is 29.9 Å². The number of morpholine rings is 1. The molecule has 1 aliphatic heterocycles. The average molecular weight is 607 g/mol. The molecule has 0 bridgehead atoms. The molecule has 2 aromatic carbocycles. The Morgan fingerprint density at radius 2 is 1.85 bits per heavy atom. The molecule has 1 saturated heterocycles. The van der Waals surface area contributed by atoms with Gasteiger partial charge in [0.25, 0.3) is 0 Å². The largest absolute Gasteiger partial charge is 0.481 e. The van der Waals surface area contributed by atoms with E-state index < -0.39 is 5.56 Å². The molecular weight excluding hydrogens is 579 g/mol. The zero-order chi connectivity index (χ0) is 28.1. The lowest BCUT2D eigenvalue weighted by Gasteiger charge is -2.29. The summed E-state index contributed by atoms with van der Waals surface area (Å²) >= 11 is 3.41. The number of hydrogen-bond acceptors (Lipinski definition) is 7. The molecule has 0 N–H and O–H groups in total. The van der Waals surface area contributed by atoms with Crippen molar-refractivity contribution in [2.45, 2.75) is 20.0 Å². The van der Waals surface area contributed by atoms with Gasteiger partial charge in [0.15, 0.2) is 11.5 Å². The Labute approximate surface area is 239 Å². The number of rotatable bonds is 9. The molecule has 1 aliphatic rings. The highest BCUT2D eigenvalue weighted by Crippen LogP contribution is 2.30. The van der Waals surface area contributed by atoms with Crippen LogP contribution in [0.15, 0.2) is 82.3 Å². The highest BCUT2D eigenvalue weighted by atomic mass is 79.9. The molecule has 5 rings (SSSR count). The third-order valence-corrected chi connectivity index (χ3v) is 6.77. The minimum absolute atomic E-state index is 0.00237. The van der Waals surface area contributed by atoms with Crippen molar-refractivity contribution < 1.29 is 18.3 Å². The van der Waals surface area contributed by atoms with Crippen molar-refractivity contribution in [1.29, 1.82) is 0 Å². The monoisotopic (exact) mass is 606 g/mol. The Balaban J connectivity index is 1.57. The second-order valence-electron chi connectivity index (χ2n) is 9.27. The fourth-order valence-corrected chi connectivity index (χ4v) is 4.60. The van der Waals surface area contributed by atoms with Gasteiger partial charge >= 0.3 is 5.56 Å². The van der Waals surface area contributed by atoms with Crippen LogP contribution in [0.25, 0.3) is 22.3 Å². The zero-order valence-electron chi connectivity index (χ0n) is 22.0. The summed E-state index contributed by atoms with van der Waals surface area (Å²) in [5.41, 5.74) is 2.35. The summed E-state index contributed by atoms with van der Waals surface area (Å²) in [5.74, 6) is 0.644. The first kappa shape index (κ1) is 27.5. The lowest BCUT2D eigenvalue weighted by atomic mass is 10.1. The fourth-order valence-electron chi connectivity index (χ4n) is 4.32. The molecular formula is C30H28BrFN4O4. The highest BCUT2D eigenvalue weighted by Gasteiger charge is 2.24. The van der Waals surface area contributed by atoms with Crippen molar-refractivity contribution in [3.63, 3.8) is 0 Å². The van der Waals surface area contributed by atoms with Crippen LogP contribution in [0.4, 0.5) is 4.39 Å². The van der Waals surface area contributed by atoms with Gasteiger partial charge < -0.3 is 18.8 Å². The molecule has 1 fully saturated rings. The molecule has 0 radical (unpaired) electrons. The maximum atomic E-state index is 14.0. The van der Waals surface area contributed by atoms with E-state index in [1.165, 1.54) is 16.7 Å². The first-order valence-electron chi connectivity index (χ1n) is 12.8. The third-order valence-electron chi connectivity index (χ3n) is 6.42. The first-order chi connectivity index (χ1) is 19.4. The van der Waals surface area contributed by atoms with E-state index >= 15 is 0 Å². The average Bonchev–Trinajstić information content (AvgIpc) is 3.43. The summed E-state index contributed by atoms with van der Waals surface area (Å²) in [4.78, 5) is 25.3. The van der Waals surface area contributed by atoms with Crippen LogP contribution in [0.5, 0.6) is 5.75 Å². The van der Waals surface area contributed by atoms with Crippen LogP contribution in [-0.2, 0) is 17.8 Å². The molecule has 2 aromatic heterocycles. The van der Waals surface area contributed by atoms with Crippen molar-refractivity contribution in [3.8, 4) is 17.3 Å². The third kappa shape index (κ3) is 6.40. The smallest absolute Gasteiger partial charge is 0.301 e. The van der Waals surface area contributed by atoms with E-state index in [0.717, 1.165) is 29.9 Å². The van der Waals surface area contributed by atoms with Crippen LogP contribution in [0.3, 0.4) is 0 Å². The molecule has 40 heavy (non-hydrogen) atoms. The van der Waals surface area contributed by atoms with Gasteiger partial charge in [0.05, 0.1) is 23.9 Å². The molecule has 0 amide bonds. The quantitative estimate of drug-likeness (QED) is 0.241. The lowest BCUT2D eigenvalue weighted by Crippen LogP contribution is -2.35. The molecule has 8 nitrogen and oxygen atoms in total. The molecule has 3 heterocycles. The van der Waals surface area contributed by atoms with Crippen molar-refractivity contribution in [3.05, 3.63) is 112 Å². The maximum absolute atomic E-state index is 14.0. The summed E-state index contributed by atoms with van der Waals surface area (Å²) in [6.07, 6.45) is 3.69. The number of benzene rings is 2. The first-order valence-corrected chi connectivity index (χ1v) is 13.6. The molecule has 0 aliphatic carbocycles. The Morgan fingerprint density at radius 3 is 2.55 bits per heavy atom. The molecule has 0 spiro atoms. The maximum Gasteiger partial charge on any atom is 0.301 e. The highest BCUT2D eigenvalue weighted by molar-refractivity contribution is 9.15. The normalized spacial score (nSPS) is 13.9.